The maximum atomic E-state index is 12.3. The van der Waals surface area contributed by atoms with Crippen LogP contribution in [0.4, 0.5) is 0 Å². The molecule has 10 heteroatoms. The number of aromatic nitrogens is 4. The van der Waals surface area contributed by atoms with Crippen molar-refractivity contribution in [3.63, 3.8) is 0 Å². The predicted octanol–water partition coefficient (Wildman–Crippen LogP) is 1.28. The highest BCUT2D eigenvalue weighted by Crippen LogP contribution is 2.19. The fourth-order valence-electron chi connectivity index (χ4n) is 2.38. The third-order valence-corrected chi connectivity index (χ3v) is 5.64. The molecule has 3 rings (SSSR count). The van der Waals surface area contributed by atoms with Crippen LogP contribution >= 0.6 is 11.6 Å². The molecule has 0 saturated heterocycles. The molecule has 8 nitrogen and oxygen atoms in total. The van der Waals surface area contributed by atoms with Gasteiger partial charge in [-0.2, -0.15) is 0 Å². The topological polar surface area (TPSA) is 98.9 Å². The Morgan fingerprint density at radius 3 is 2.58 bits per heavy atom. The first-order valence-electron chi connectivity index (χ1n) is 7.69. The van der Waals surface area contributed by atoms with E-state index in [1.54, 1.807) is 43.6 Å². The molecule has 0 saturated carbocycles. The lowest BCUT2D eigenvalue weighted by atomic mass is 10.3. The molecular formula is C16H16ClN5O3S. The van der Waals surface area contributed by atoms with Gasteiger partial charge in [-0.25, -0.2) is 22.6 Å². The van der Waals surface area contributed by atoms with Gasteiger partial charge >= 0.3 is 5.69 Å². The molecule has 0 atom stereocenters. The number of sulfonamides is 1. The van der Waals surface area contributed by atoms with Crippen LogP contribution in [-0.2, 0) is 23.6 Å². The van der Waals surface area contributed by atoms with E-state index in [-0.39, 0.29) is 28.7 Å². The van der Waals surface area contributed by atoms with Crippen molar-refractivity contribution in [2.75, 3.05) is 6.54 Å². The minimum Gasteiger partial charge on any atom is -0.277 e. The minimum absolute atomic E-state index is 0.00780. The Balaban J connectivity index is 1.75. The standard InChI is InChI=1S/C16H16ClN5O3S/c1-21-15(13-7-4-5-9-18-13)20-22(16(21)23)11-10-19-26(24,25)14-8-3-2-6-12(14)17/h2-9,19H,10-11H2,1H3. The molecule has 0 aliphatic heterocycles. The fourth-order valence-corrected chi connectivity index (χ4v) is 3.92. The SMILES string of the molecule is Cn1c(-c2ccccn2)nn(CCNS(=O)(=O)c2ccccc2Cl)c1=O. The first kappa shape index (κ1) is 18.3. The minimum atomic E-state index is -3.77. The third-order valence-electron chi connectivity index (χ3n) is 3.68. The lowest BCUT2D eigenvalue weighted by Gasteiger charge is -2.07. The quantitative estimate of drug-likeness (QED) is 0.680. The highest BCUT2D eigenvalue weighted by atomic mass is 35.5. The monoisotopic (exact) mass is 393 g/mol. The molecule has 0 aliphatic rings. The largest absolute Gasteiger partial charge is 0.346 e. The molecule has 3 aromatic rings. The van der Waals surface area contributed by atoms with Gasteiger partial charge in [-0.1, -0.05) is 29.8 Å². The number of halogens is 1. The normalized spacial score (nSPS) is 11.6. The molecule has 26 heavy (non-hydrogen) atoms. The van der Waals surface area contributed by atoms with Crippen LogP contribution in [0.5, 0.6) is 0 Å². The first-order chi connectivity index (χ1) is 12.4. The summed E-state index contributed by atoms with van der Waals surface area (Å²) in [5.74, 6) is 0.407. The van der Waals surface area contributed by atoms with Crippen LogP contribution < -0.4 is 10.4 Å². The van der Waals surface area contributed by atoms with E-state index in [1.807, 2.05) is 0 Å². The molecule has 136 valence electrons. The molecule has 0 aliphatic carbocycles. The van der Waals surface area contributed by atoms with Gasteiger partial charge in [0.05, 0.1) is 11.6 Å². The van der Waals surface area contributed by atoms with Gasteiger partial charge in [0, 0.05) is 19.8 Å². The Morgan fingerprint density at radius 1 is 1.15 bits per heavy atom. The lowest BCUT2D eigenvalue weighted by Crippen LogP contribution is -2.31. The second kappa shape index (κ2) is 7.40. The summed E-state index contributed by atoms with van der Waals surface area (Å²) in [7, 11) is -2.19. The molecule has 0 amide bonds. The molecule has 1 N–H and O–H groups in total. The number of benzene rings is 1. The fraction of sp³-hybridized carbons (Fsp3) is 0.188. The lowest BCUT2D eigenvalue weighted by molar-refractivity contribution is 0.551. The van der Waals surface area contributed by atoms with Gasteiger partial charge in [0.1, 0.15) is 10.6 Å². The van der Waals surface area contributed by atoms with Gasteiger partial charge in [-0.15, -0.1) is 5.10 Å². The van der Waals surface area contributed by atoms with Gasteiger partial charge in [0.2, 0.25) is 10.0 Å². The molecule has 0 fully saturated rings. The Kier molecular flexibility index (Phi) is 5.21. The van der Waals surface area contributed by atoms with E-state index in [4.69, 9.17) is 11.6 Å². The van der Waals surface area contributed by atoms with Crippen molar-refractivity contribution in [2.45, 2.75) is 11.4 Å². The van der Waals surface area contributed by atoms with E-state index < -0.39 is 10.0 Å². The van der Waals surface area contributed by atoms with Gasteiger partial charge in [-0.3, -0.25) is 9.55 Å². The molecule has 0 spiro atoms. The van der Waals surface area contributed by atoms with Crippen LogP contribution in [0.3, 0.4) is 0 Å². The Labute approximate surface area is 155 Å². The van der Waals surface area contributed by atoms with E-state index in [0.29, 0.717) is 11.5 Å². The number of hydrogen-bond acceptors (Lipinski definition) is 5. The van der Waals surface area contributed by atoms with Crippen molar-refractivity contribution in [1.29, 1.82) is 0 Å². The second-order valence-electron chi connectivity index (χ2n) is 5.43. The van der Waals surface area contributed by atoms with Crippen LogP contribution in [0.25, 0.3) is 11.5 Å². The maximum absolute atomic E-state index is 12.3. The summed E-state index contributed by atoms with van der Waals surface area (Å²) >= 11 is 5.92. The summed E-state index contributed by atoms with van der Waals surface area (Å²) in [6.45, 7) is 0.0648. The Morgan fingerprint density at radius 2 is 1.88 bits per heavy atom. The van der Waals surface area contributed by atoms with Crippen molar-refractivity contribution < 1.29 is 8.42 Å². The molecule has 2 aromatic heterocycles. The van der Waals surface area contributed by atoms with Crippen molar-refractivity contribution in [3.8, 4) is 11.5 Å². The van der Waals surface area contributed by atoms with Gasteiger partial charge in [0.15, 0.2) is 5.82 Å². The zero-order chi connectivity index (χ0) is 18.7. The van der Waals surface area contributed by atoms with E-state index in [1.165, 1.54) is 21.4 Å². The molecule has 2 heterocycles. The van der Waals surface area contributed by atoms with Crippen LogP contribution in [0.15, 0.2) is 58.4 Å². The van der Waals surface area contributed by atoms with Crippen LogP contribution in [-0.4, -0.2) is 34.3 Å². The van der Waals surface area contributed by atoms with Crippen molar-refractivity contribution in [1.82, 2.24) is 24.1 Å². The number of rotatable bonds is 6. The maximum Gasteiger partial charge on any atom is 0.346 e. The second-order valence-corrected chi connectivity index (χ2v) is 7.57. The van der Waals surface area contributed by atoms with Gasteiger partial charge in [-0.05, 0) is 24.3 Å². The average Bonchev–Trinajstić information content (AvgIpc) is 2.91. The van der Waals surface area contributed by atoms with Crippen LogP contribution in [0, 0.1) is 0 Å². The highest BCUT2D eigenvalue weighted by Gasteiger charge is 2.18. The summed E-state index contributed by atoms with van der Waals surface area (Å²) in [5, 5.41) is 4.37. The number of nitrogens with zero attached hydrogens (tertiary/aromatic N) is 4. The Hall–Kier alpha value is -2.49. The summed E-state index contributed by atoms with van der Waals surface area (Å²) in [6.07, 6.45) is 1.61. The highest BCUT2D eigenvalue weighted by molar-refractivity contribution is 7.89. The molecule has 0 unspecified atom stereocenters. The van der Waals surface area contributed by atoms with Crippen molar-refractivity contribution in [2.24, 2.45) is 7.05 Å². The van der Waals surface area contributed by atoms with E-state index in [0.717, 1.165) is 0 Å². The number of pyridine rings is 1. The first-order valence-corrected chi connectivity index (χ1v) is 9.56. The zero-order valence-electron chi connectivity index (χ0n) is 13.8. The molecule has 1 aromatic carbocycles. The van der Waals surface area contributed by atoms with Crippen LogP contribution in [0.1, 0.15) is 0 Å². The molecule has 0 radical (unpaired) electrons. The number of nitrogens with one attached hydrogen (secondary N) is 1. The smallest absolute Gasteiger partial charge is 0.277 e. The average molecular weight is 394 g/mol. The van der Waals surface area contributed by atoms with Crippen molar-refractivity contribution in [3.05, 3.63) is 64.2 Å². The van der Waals surface area contributed by atoms with Crippen molar-refractivity contribution >= 4 is 21.6 Å². The predicted molar refractivity (Wildman–Crippen MR) is 97.3 cm³/mol. The summed E-state index contributed by atoms with van der Waals surface area (Å²) in [5.41, 5.74) is 0.199. The summed E-state index contributed by atoms with van der Waals surface area (Å²) in [4.78, 5) is 16.4. The molecule has 0 bridgehead atoms. The van der Waals surface area contributed by atoms with E-state index in [9.17, 15) is 13.2 Å². The Bertz CT molecular complexity index is 1080. The van der Waals surface area contributed by atoms with Crippen LogP contribution in [0.2, 0.25) is 5.02 Å². The summed E-state index contributed by atoms with van der Waals surface area (Å²) in [6, 6.07) is 11.4. The zero-order valence-corrected chi connectivity index (χ0v) is 15.4. The third kappa shape index (κ3) is 3.69. The van der Waals surface area contributed by atoms with E-state index >= 15 is 0 Å². The summed E-state index contributed by atoms with van der Waals surface area (Å²) < 4.78 is 29.6. The molecular weight excluding hydrogens is 378 g/mol. The number of hydrogen-bond donors (Lipinski definition) is 1. The van der Waals surface area contributed by atoms with Gasteiger partial charge in [0.25, 0.3) is 0 Å². The van der Waals surface area contributed by atoms with Gasteiger partial charge < -0.3 is 0 Å². The van der Waals surface area contributed by atoms with E-state index in [2.05, 4.69) is 14.8 Å².